The number of para-hydroxylation sites is 1. The van der Waals surface area contributed by atoms with E-state index in [1.807, 2.05) is 30.3 Å². The van der Waals surface area contributed by atoms with Crippen LogP contribution in [-0.2, 0) is 4.74 Å². The average Bonchev–Trinajstić information content (AvgIpc) is 3.32. The van der Waals surface area contributed by atoms with Gasteiger partial charge in [0.05, 0.1) is 12.3 Å². The van der Waals surface area contributed by atoms with Crippen LogP contribution < -0.4 is 4.74 Å². The van der Waals surface area contributed by atoms with E-state index in [0.29, 0.717) is 19.1 Å². The van der Waals surface area contributed by atoms with Gasteiger partial charge in [0.25, 0.3) is 0 Å². The molecule has 0 atom stereocenters. The Morgan fingerprint density at radius 3 is 2.76 bits per heavy atom. The highest BCUT2D eigenvalue weighted by molar-refractivity contribution is 9.10. The first kappa shape index (κ1) is 14.5. The lowest BCUT2D eigenvalue weighted by atomic mass is 10.1. The third-order valence-electron chi connectivity index (χ3n) is 3.36. The minimum Gasteiger partial charge on any atom is -0.490 e. The Morgan fingerprint density at radius 1 is 1.19 bits per heavy atom. The van der Waals surface area contributed by atoms with E-state index in [1.54, 1.807) is 7.11 Å². The molecule has 1 aliphatic carbocycles. The van der Waals surface area contributed by atoms with E-state index >= 15 is 0 Å². The van der Waals surface area contributed by atoms with Gasteiger partial charge in [-0.1, -0.05) is 12.1 Å². The van der Waals surface area contributed by atoms with Crippen molar-refractivity contribution in [2.75, 3.05) is 20.3 Å². The lowest BCUT2D eigenvalue weighted by Gasteiger charge is -2.11. The number of nitrogens with zero attached hydrogens (tertiary/aromatic N) is 2. The first-order chi connectivity index (χ1) is 10.3. The molecule has 1 saturated carbocycles. The topological polar surface area (TPSA) is 44.2 Å². The SMILES string of the molecule is COCCOc1ccccc1-c1cc(Br)nc(C2CC2)n1. The molecule has 1 aliphatic rings. The molecule has 4 nitrogen and oxygen atoms in total. The zero-order valence-electron chi connectivity index (χ0n) is 11.9. The molecule has 3 rings (SSSR count). The summed E-state index contributed by atoms with van der Waals surface area (Å²) in [6, 6.07) is 9.87. The minimum absolute atomic E-state index is 0.517. The standard InChI is InChI=1S/C16H17BrN2O2/c1-20-8-9-21-14-5-3-2-4-12(14)13-10-15(17)19-16(18-13)11-6-7-11/h2-5,10-11H,6-9H2,1H3. The highest BCUT2D eigenvalue weighted by Gasteiger charge is 2.27. The van der Waals surface area contributed by atoms with Gasteiger partial charge in [-0.2, -0.15) is 0 Å². The van der Waals surface area contributed by atoms with Gasteiger partial charge in [-0.05, 0) is 47.0 Å². The van der Waals surface area contributed by atoms with Crippen LogP contribution in [0.3, 0.4) is 0 Å². The summed E-state index contributed by atoms with van der Waals surface area (Å²) in [5.74, 6) is 2.26. The molecule has 1 aromatic heterocycles. The normalized spacial score (nSPS) is 14.2. The van der Waals surface area contributed by atoms with E-state index in [-0.39, 0.29) is 0 Å². The molecule has 0 spiro atoms. The van der Waals surface area contributed by atoms with Crippen LogP contribution in [0.2, 0.25) is 0 Å². The van der Waals surface area contributed by atoms with E-state index in [4.69, 9.17) is 14.5 Å². The van der Waals surface area contributed by atoms with Crippen LogP contribution in [0.4, 0.5) is 0 Å². The summed E-state index contributed by atoms with van der Waals surface area (Å²) in [4.78, 5) is 9.17. The van der Waals surface area contributed by atoms with Gasteiger partial charge in [0.1, 0.15) is 22.8 Å². The molecular formula is C16H17BrN2O2. The molecule has 2 aromatic rings. The number of ether oxygens (including phenoxy) is 2. The van der Waals surface area contributed by atoms with Gasteiger partial charge < -0.3 is 9.47 Å². The van der Waals surface area contributed by atoms with Crippen molar-refractivity contribution in [2.24, 2.45) is 0 Å². The Bertz CT molecular complexity index is 629. The lowest BCUT2D eigenvalue weighted by molar-refractivity contribution is 0.146. The van der Waals surface area contributed by atoms with Crippen LogP contribution in [0.15, 0.2) is 34.9 Å². The Kier molecular flexibility index (Phi) is 4.51. The van der Waals surface area contributed by atoms with Crippen molar-refractivity contribution >= 4 is 15.9 Å². The summed E-state index contributed by atoms with van der Waals surface area (Å²) < 4.78 is 11.6. The number of hydrogen-bond donors (Lipinski definition) is 0. The first-order valence-corrected chi connectivity index (χ1v) is 7.83. The highest BCUT2D eigenvalue weighted by Crippen LogP contribution is 2.40. The molecule has 0 bridgehead atoms. The Labute approximate surface area is 132 Å². The molecule has 0 saturated heterocycles. The fourth-order valence-corrected chi connectivity index (χ4v) is 2.53. The summed E-state index contributed by atoms with van der Waals surface area (Å²) in [6.45, 7) is 1.09. The summed E-state index contributed by atoms with van der Waals surface area (Å²) in [5, 5.41) is 0. The minimum atomic E-state index is 0.517. The number of aromatic nitrogens is 2. The molecule has 0 radical (unpaired) electrons. The van der Waals surface area contributed by atoms with Gasteiger partial charge in [-0.15, -0.1) is 0 Å². The van der Waals surface area contributed by atoms with Crippen LogP contribution >= 0.6 is 15.9 Å². The quantitative estimate of drug-likeness (QED) is 0.588. The molecule has 1 aromatic carbocycles. The highest BCUT2D eigenvalue weighted by atomic mass is 79.9. The summed E-state index contributed by atoms with van der Waals surface area (Å²) in [6.07, 6.45) is 2.36. The maximum atomic E-state index is 5.79. The van der Waals surface area contributed by atoms with Crippen molar-refractivity contribution in [2.45, 2.75) is 18.8 Å². The fraction of sp³-hybridized carbons (Fsp3) is 0.375. The van der Waals surface area contributed by atoms with Crippen LogP contribution in [0, 0.1) is 0 Å². The van der Waals surface area contributed by atoms with Crippen molar-refractivity contribution < 1.29 is 9.47 Å². The van der Waals surface area contributed by atoms with Crippen molar-refractivity contribution in [3.05, 3.63) is 40.8 Å². The zero-order chi connectivity index (χ0) is 14.7. The summed E-state index contributed by atoms with van der Waals surface area (Å²) in [7, 11) is 1.67. The third kappa shape index (κ3) is 3.60. The van der Waals surface area contributed by atoms with Crippen LogP contribution in [0.25, 0.3) is 11.3 Å². The van der Waals surface area contributed by atoms with E-state index in [9.17, 15) is 0 Å². The molecule has 110 valence electrons. The number of rotatable bonds is 6. The number of hydrogen-bond acceptors (Lipinski definition) is 4. The van der Waals surface area contributed by atoms with E-state index in [1.165, 1.54) is 12.8 Å². The second-order valence-electron chi connectivity index (χ2n) is 5.05. The van der Waals surface area contributed by atoms with Crippen LogP contribution in [0.5, 0.6) is 5.75 Å². The molecule has 0 amide bonds. The second kappa shape index (κ2) is 6.54. The average molecular weight is 349 g/mol. The second-order valence-corrected chi connectivity index (χ2v) is 5.86. The maximum absolute atomic E-state index is 5.79. The summed E-state index contributed by atoms with van der Waals surface area (Å²) >= 11 is 3.48. The predicted molar refractivity (Wildman–Crippen MR) is 84.5 cm³/mol. The largest absolute Gasteiger partial charge is 0.490 e. The zero-order valence-corrected chi connectivity index (χ0v) is 13.5. The van der Waals surface area contributed by atoms with Gasteiger partial charge in [-0.25, -0.2) is 9.97 Å². The van der Waals surface area contributed by atoms with Crippen molar-refractivity contribution in [3.8, 4) is 17.0 Å². The Hall–Kier alpha value is -1.46. The maximum Gasteiger partial charge on any atom is 0.133 e. The Balaban J connectivity index is 1.92. The third-order valence-corrected chi connectivity index (χ3v) is 3.77. The van der Waals surface area contributed by atoms with Gasteiger partial charge in [0, 0.05) is 18.6 Å². The van der Waals surface area contributed by atoms with Gasteiger partial charge in [0.2, 0.25) is 0 Å². The van der Waals surface area contributed by atoms with Crippen molar-refractivity contribution in [1.82, 2.24) is 9.97 Å². The molecule has 1 fully saturated rings. The van der Waals surface area contributed by atoms with E-state index in [2.05, 4.69) is 20.9 Å². The molecule has 5 heteroatoms. The molecule has 0 aliphatic heterocycles. The molecular weight excluding hydrogens is 332 g/mol. The van der Waals surface area contributed by atoms with Crippen LogP contribution in [-0.4, -0.2) is 30.3 Å². The monoisotopic (exact) mass is 348 g/mol. The Morgan fingerprint density at radius 2 is 2.00 bits per heavy atom. The van der Waals surface area contributed by atoms with Crippen molar-refractivity contribution in [1.29, 1.82) is 0 Å². The fourth-order valence-electron chi connectivity index (χ4n) is 2.14. The van der Waals surface area contributed by atoms with Crippen LogP contribution in [0.1, 0.15) is 24.6 Å². The number of halogens is 1. The summed E-state index contributed by atoms with van der Waals surface area (Å²) in [5.41, 5.74) is 1.88. The van der Waals surface area contributed by atoms with E-state index < -0.39 is 0 Å². The molecule has 1 heterocycles. The molecule has 21 heavy (non-hydrogen) atoms. The molecule has 0 N–H and O–H groups in total. The smallest absolute Gasteiger partial charge is 0.133 e. The lowest BCUT2D eigenvalue weighted by Crippen LogP contribution is -2.05. The first-order valence-electron chi connectivity index (χ1n) is 7.03. The number of benzene rings is 1. The van der Waals surface area contributed by atoms with E-state index in [0.717, 1.165) is 27.4 Å². The van der Waals surface area contributed by atoms with Gasteiger partial charge in [0.15, 0.2) is 0 Å². The predicted octanol–water partition coefficient (Wildman–Crippen LogP) is 3.81. The van der Waals surface area contributed by atoms with Crippen molar-refractivity contribution in [3.63, 3.8) is 0 Å². The molecule has 0 unspecified atom stereocenters. The van der Waals surface area contributed by atoms with Gasteiger partial charge >= 0.3 is 0 Å². The van der Waals surface area contributed by atoms with Gasteiger partial charge in [-0.3, -0.25) is 0 Å². The number of methoxy groups -OCH3 is 1.